The quantitative estimate of drug-likeness (QED) is 0.837. The van der Waals surface area contributed by atoms with Gasteiger partial charge in [0.25, 0.3) is 0 Å². The van der Waals surface area contributed by atoms with Crippen LogP contribution in [0.3, 0.4) is 0 Å². The van der Waals surface area contributed by atoms with E-state index in [1.807, 2.05) is 4.90 Å². The molecule has 2 rings (SSSR count). The van der Waals surface area contributed by atoms with Crippen LogP contribution in [-0.4, -0.2) is 34.2 Å². The fraction of sp³-hybridized carbons (Fsp3) is 0.417. The smallest absolute Gasteiger partial charge is 0.307 e. The number of likely N-dealkylation sites (tertiary alicyclic amines) is 1. The van der Waals surface area contributed by atoms with Gasteiger partial charge in [-0.05, 0) is 30.7 Å². The van der Waals surface area contributed by atoms with Crippen molar-refractivity contribution in [2.75, 3.05) is 13.1 Å². The van der Waals surface area contributed by atoms with Crippen molar-refractivity contribution in [2.24, 2.45) is 5.92 Å². The average molecular weight is 239 g/mol. The standard InChI is InChI=1S/C12H14FNO3/c13-10-3-8(4-11(15)5-10)6-14-2-1-9(7-14)12(16)17/h3-5,9,15H,1-2,6-7H2,(H,16,17). The second-order valence-electron chi connectivity index (χ2n) is 4.38. The van der Waals surface area contributed by atoms with E-state index in [0.717, 1.165) is 6.07 Å². The lowest BCUT2D eigenvalue weighted by molar-refractivity contribution is -0.141. The summed E-state index contributed by atoms with van der Waals surface area (Å²) >= 11 is 0. The molecule has 0 saturated carbocycles. The third kappa shape index (κ3) is 2.94. The minimum atomic E-state index is -0.783. The molecule has 1 atom stereocenters. The highest BCUT2D eigenvalue weighted by Gasteiger charge is 2.27. The molecular formula is C12H14FNO3. The molecule has 0 aromatic heterocycles. The number of hydrogen-bond acceptors (Lipinski definition) is 3. The number of aromatic hydroxyl groups is 1. The van der Waals surface area contributed by atoms with Crippen LogP contribution in [0.25, 0.3) is 0 Å². The molecule has 0 bridgehead atoms. The van der Waals surface area contributed by atoms with E-state index in [9.17, 15) is 14.3 Å². The Balaban J connectivity index is 2.00. The fourth-order valence-electron chi connectivity index (χ4n) is 2.16. The van der Waals surface area contributed by atoms with Crippen molar-refractivity contribution < 1.29 is 19.4 Å². The molecule has 92 valence electrons. The molecule has 17 heavy (non-hydrogen) atoms. The number of hydrogen-bond donors (Lipinski definition) is 2. The van der Waals surface area contributed by atoms with Gasteiger partial charge in [-0.2, -0.15) is 0 Å². The van der Waals surface area contributed by atoms with E-state index in [0.29, 0.717) is 31.6 Å². The number of nitrogens with zero attached hydrogens (tertiary/aromatic N) is 1. The summed E-state index contributed by atoms with van der Waals surface area (Å²) in [7, 11) is 0. The molecule has 1 saturated heterocycles. The van der Waals surface area contributed by atoms with Gasteiger partial charge in [0.1, 0.15) is 11.6 Å². The minimum Gasteiger partial charge on any atom is -0.508 e. The summed E-state index contributed by atoms with van der Waals surface area (Å²) in [5, 5.41) is 18.1. The molecule has 1 fully saturated rings. The van der Waals surface area contributed by atoms with E-state index >= 15 is 0 Å². The van der Waals surface area contributed by atoms with Crippen molar-refractivity contribution in [3.05, 3.63) is 29.6 Å². The van der Waals surface area contributed by atoms with Crippen LogP contribution in [0.15, 0.2) is 18.2 Å². The molecule has 1 aromatic carbocycles. The molecule has 1 heterocycles. The minimum absolute atomic E-state index is 0.103. The SMILES string of the molecule is O=C(O)C1CCN(Cc2cc(O)cc(F)c2)C1. The number of phenols is 1. The zero-order chi connectivity index (χ0) is 12.4. The van der Waals surface area contributed by atoms with E-state index in [1.165, 1.54) is 12.1 Å². The molecule has 1 aromatic rings. The maximum absolute atomic E-state index is 13.0. The first-order chi connectivity index (χ1) is 8.04. The highest BCUT2D eigenvalue weighted by atomic mass is 19.1. The van der Waals surface area contributed by atoms with Crippen molar-refractivity contribution >= 4 is 5.97 Å². The molecule has 1 aliphatic rings. The van der Waals surface area contributed by atoms with Gasteiger partial charge in [-0.25, -0.2) is 4.39 Å². The monoisotopic (exact) mass is 239 g/mol. The lowest BCUT2D eigenvalue weighted by Crippen LogP contribution is -2.22. The summed E-state index contributed by atoms with van der Waals surface area (Å²) in [4.78, 5) is 12.7. The Kier molecular flexibility index (Phi) is 3.28. The number of aliphatic carboxylic acids is 1. The number of benzene rings is 1. The zero-order valence-corrected chi connectivity index (χ0v) is 9.27. The normalized spacial score (nSPS) is 20.6. The van der Waals surface area contributed by atoms with Crippen molar-refractivity contribution in [1.29, 1.82) is 0 Å². The van der Waals surface area contributed by atoms with E-state index in [1.54, 1.807) is 0 Å². The van der Waals surface area contributed by atoms with Crippen molar-refractivity contribution in [2.45, 2.75) is 13.0 Å². The Labute approximate surface area is 98.3 Å². The van der Waals surface area contributed by atoms with Gasteiger partial charge in [0.2, 0.25) is 0 Å². The Morgan fingerprint density at radius 2 is 2.24 bits per heavy atom. The van der Waals surface area contributed by atoms with Crippen LogP contribution in [0.2, 0.25) is 0 Å². The molecule has 0 spiro atoms. The molecule has 1 aliphatic heterocycles. The summed E-state index contributed by atoms with van der Waals surface area (Å²) in [5.41, 5.74) is 0.661. The topological polar surface area (TPSA) is 60.8 Å². The zero-order valence-electron chi connectivity index (χ0n) is 9.27. The molecule has 0 aliphatic carbocycles. The number of carbonyl (C=O) groups is 1. The summed E-state index contributed by atoms with van der Waals surface area (Å²) in [5.74, 6) is -1.70. The van der Waals surface area contributed by atoms with E-state index in [2.05, 4.69) is 0 Å². The average Bonchev–Trinajstić information content (AvgIpc) is 2.64. The molecule has 0 amide bonds. The molecule has 5 heteroatoms. The lowest BCUT2D eigenvalue weighted by Gasteiger charge is -2.15. The van der Waals surface area contributed by atoms with Crippen LogP contribution < -0.4 is 0 Å². The molecule has 2 N–H and O–H groups in total. The summed E-state index contributed by atoms with van der Waals surface area (Å²) in [6, 6.07) is 3.90. The Morgan fingerprint density at radius 3 is 2.82 bits per heavy atom. The van der Waals surface area contributed by atoms with Crippen molar-refractivity contribution in [1.82, 2.24) is 4.90 Å². The molecular weight excluding hydrogens is 225 g/mol. The van der Waals surface area contributed by atoms with Crippen LogP contribution in [-0.2, 0) is 11.3 Å². The molecule has 1 unspecified atom stereocenters. The molecule has 0 radical (unpaired) electrons. The molecule has 4 nitrogen and oxygen atoms in total. The predicted molar refractivity (Wildman–Crippen MR) is 59.1 cm³/mol. The predicted octanol–water partition coefficient (Wildman–Crippen LogP) is 1.44. The van der Waals surface area contributed by atoms with Gasteiger partial charge in [-0.1, -0.05) is 0 Å². The maximum Gasteiger partial charge on any atom is 0.307 e. The van der Waals surface area contributed by atoms with Crippen molar-refractivity contribution in [3.63, 3.8) is 0 Å². The number of carboxylic acid groups (broad SMARTS) is 1. The van der Waals surface area contributed by atoms with E-state index < -0.39 is 11.8 Å². The number of carboxylic acids is 1. The van der Waals surface area contributed by atoms with Crippen molar-refractivity contribution in [3.8, 4) is 5.75 Å². The first-order valence-corrected chi connectivity index (χ1v) is 5.48. The Bertz CT molecular complexity index is 416. The second-order valence-corrected chi connectivity index (χ2v) is 4.38. The van der Waals surface area contributed by atoms with Gasteiger partial charge >= 0.3 is 5.97 Å². The fourth-order valence-corrected chi connectivity index (χ4v) is 2.16. The first kappa shape index (κ1) is 11.9. The number of rotatable bonds is 3. The van der Waals surface area contributed by atoms with Crippen LogP contribution in [0.4, 0.5) is 4.39 Å². The lowest BCUT2D eigenvalue weighted by atomic mass is 10.1. The maximum atomic E-state index is 13.0. The van der Waals surface area contributed by atoms with Gasteiger partial charge in [-0.3, -0.25) is 9.69 Å². The number of phenolic OH excluding ortho intramolecular Hbond substituents is 1. The summed E-state index contributed by atoms with van der Waals surface area (Å²) < 4.78 is 13.0. The second kappa shape index (κ2) is 4.71. The van der Waals surface area contributed by atoms with Gasteiger partial charge in [0, 0.05) is 19.2 Å². The Hall–Kier alpha value is -1.62. The van der Waals surface area contributed by atoms with Gasteiger partial charge in [-0.15, -0.1) is 0 Å². The number of halogens is 1. The summed E-state index contributed by atoms with van der Waals surface area (Å²) in [6.07, 6.45) is 0.622. The highest BCUT2D eigenvalue weighted by molar-refractivity contribution is 5.70. The van der Waals surface area contributed by atoms with Gasteiger partial charge in [0.15, 0.2) is 0 Å². The van der Waals surface area contributed by atoms with Gasteiger partial charge in [0.05, 0.1) is 5.92 Å². The van der Waals surface area contributed by atoms with Crippen LogP contribution in [0.5, 0.6) is 5.75 Å². The van der Waals surface area contributed by atoms with E-state index in [-0.39, 0.29) is 11.7 Å². The van der Waals surface area contributed by atoms with Gasteiger partial charge < -0.3 is 10.2 Å². The largest absolute Gasteiger partial charge is 0.508 e. The van der Waals surface area contributed by atoms with Crippen LogP contribution in [0.1, 0.15) is 12.0 Å². The Morgan fingerprint density at radius 1 is 1.47 bits per heavy atom. The third-order valence-electron chi connectivity index (χ3n) is 2.97. The van der Waals surface area contributed by atoms with E-state index in [4.69, 9.17) is 5.11 Å². The van der Waals surface area contributed by atoms with Crippen LogP contribution >= 0.6 is 0 Å². The highest BCUT2D eigenvalue weighted by Crippen LogP contribution is 2.21. The summed E-state index contributed by atoms with van der Waals surface area (Å²) in [6.45, 7) is 1.63. The van der Waals surface area contributed by atoms with Crippen LogP contribution in [0, 0.1) is 11.7 Å². The first-order valence-electron chi connectivity index (χ1n) is 5.48. The third-order valence-corrected chi connectivity index (χ3v) is 2.97.